The van der Waals surface area contributed by atoms with Crippen molar-refractivity contribution in [1.82, 2.24) is 15.3 Å². The highest BCUT2D eigenvalue weighted by molar-refractivity contribution is 5.94. The quantitative estimate of drug-likeness (QED) is 0.803. The number of hydrogen-bond acceptors (Lipinski definition) is 3. The summed E-state index contributed by atoms with van der Waals surface area (Å²) in [6.07, 6.45) is 5.05. The molecular weight excluding hydrogens is 274 g/mol. The number of carbonyl (C=O) groups excluding carboxylic acids is 1. The Kier molecular flexibility index (Phi) is 4.20. The lowest BCUT2D eigenvalue weighted by Gasteiger charge is -2.06. The van der Waals surface area contributed by atoms with E-state index in [9.17, 15) is 4.79 Å². The van der Waals surface area contributed by atoms with Crippen LogP contribution in [0.3, 0.4) is 0 Å². The zero-order valence-corrected chi connectivity index (χ0v) is 11.9. The van der Waals surface area contributed by atoms with Crippen LogP contribution in [-0.4, -0.2) is 15.9 Å². The molecule has 0 fully saturated rings. The van der Waals surface area contributed by atoms with Gasteiger partial charge in [-0.1, -0.05) is 30.3 Å². The molecular formula is C18H15N3O. The maximum Gasteiger partial charge on any atom is 0.253 e. The van der Waals surface area contributed by atoms with Crippen molar-refractivity contribution in [2.24, 2.45) is 0 Å². The Morgan fingerprint density at radius 2 is 1.82 bits per heavy atom. The molecule has 0 aliphatic carbocycles. The maximum absolute atomic E-state index is 12.1. The number of pyridine rings is 2. The van der Waals surface area contributed by atoms with Crippen molar-refractivity contribution in [3.63, 3.8) is 0 Å². The van der Waals surface area contributed by atoms with Gasteiger partial charge >= 0.3 is 0 Å². The summed E-state index contributed by atoms with van der Waals surface area (Å²) < 4.78 is 0. The Morgan fingerprint density at radius 1 is 0.955 bits per heavy atom. The van der Waals surface area contributed by atoms with Crippen molar-refractivity contribution in [3.8, 4) is 11.3 Å². The molecule has 1 amide bonds. The number of aromatic nitrogens is 2. The number of rotatable bonds is 4. The number of nitrogens with zero attached hydrogens (tertiary/aromatic N) is 2. The Bertz CT molecular complexity index is 740. The van der Waals surface area contributed by atoms with Crippen LogP contribution in [0.25, 0.3) is 11.3 Å². The van der Waals surface area contributed by atoms with Crippen LogP contribution >= 0.6 is 0 Å². The summed E-state index contributed by atoms with van der Waals surface area (Å²) >= 11 is 0. The Balaban J connectivity index is 1.66. The van der Waals surface area contributed by atoms with E-state index in [1.165, 1.54) is 0 Å². The summed E-state index contributed by atoms with van der Waals surface area (Å²) in [7, 11) is 0. The predicted molar refractivity (Wildman–Crippen MR) is 85.1 cm³/mol. The van der Waals surface area contributed by atoms with Crippen molar-refractivity contribution in [1.29, 1.82) is 0 Å². The van der Waals surface area contributed by atoms with Gasteiger partial charge in [0.2, 0.25) is 0 Å². The maximum atomic E-state index is 12.1. The van der Waals surface area contributed by atoms with Crippen molar-refractivity contribution in [2.45, 2.75) is 6.54 Å². The summed E-state index contributed by atoms with van der Waals surface area (Å²) in [6, 6.07) is 17.2. The van der Waals surface area contributed by atoms with Gasteiger partial charge in [0.1, 0.15) is 0 Å². The fraction of sp³-hybridized carbons (Fsp3) is 0.0556. The van der Waals surface area contributed by atoms with E-state index in [1.807, 2.05) is 48.5 Å². The van der Waals surface area contributed by atoms with E-state index in [0.29, 0.717) is 12.1 Å². The lowest BCUT2D eigenvalue weighted by atomic mass is 10.1. The van der Waals surface area contributed by atoms with Gasteiger partial charge in [-0.05, 0) is 29.8 Å². The highest BCUT2D eigenvalue weighted by Crippen LogP contribution is 2.15. The Labute approximate surface area is 128 Å². The first kappa shape index (κ1) is 13.9. The Morgan fingerprint density at radius 3 is 2.50 bits per heavy atom. The van der Waals surface area contributed by atoms with Crippen LogP contribution in [0.4, 0.5) is 0 Å². The number of hydrogen-bond donors (Lipinski definition) is 1. The van der Waals surface area contributed by atoms with Gasteiger partial charge in [0.15, 0.2) is 0 Å². The molecule has 0 radical (unpaired) electrons. The first-order valence-corrected chi connectivity index (χ1v) is 7.01. The number of nitrogens with one attached hydrogen (secondary N) is 1. The zero-order valence-electron chi connectivity index (χ0n) is 11.9. The van der Waals surface area contributed by atoms with Gasteiger partial charge in [-0.25, -0.2) is 0 Å². The molecule has 0 atom stereocenters. The lowest BCUT2D eigenvalue weighted by Crippen LogP contribution is -2.22. The third-order valence-corrected chi connectivity index (χ3v) is 3.28. The minimum absolute atomic E-state index is 0.130. The molecule has 0 spiro atoms. The molecule has 2 aromatic heterocycles. The lowest BCUT2D eigenvalue weighted by molar-refractivity contribution is 0.0950. The van der Waals surface area contributed by atoms with Crippen LogP contribution in [0, 0.1) is 0 Å². The number of amides is 1. The summed E-state index contributed by atoms with van der Waals surface area (Å²) in [5, 5.41) is 2.88. The molecule has 0 bridgehead atoms. The van der Waals surface area contributed by atoms with Crippen LogP contribution in [0.1, 0.15) is 15.9 Å². The molecule has 0 aliphatic heterocycles. The van der Waals surface area contributed by atoms with Gasteiger partial charge in [0, 0.05) is 30.7 Å². The topological polar surface area (TPSA) is 54.9 Å². The molecule has 1 N–H and O–H groups in total. The van der Waals surface area contributed by atoms with Crippen molar-refractivity contribution in [3.05, 3.63) is 84.3 Å². The minimum atomic E-state index is -0.130. The highest BCUT2D eigenvalue weighted by atomic mass is 16.1. The summed E-state index contributed by atoms with van der Waals surface area (Å²) in [5.41, 5.74) is 3.34. The monoisotopic (exact) mass is 289 g/mol. The first-order chi connectivity index (χ1) is 10.8. The standard InChI is InChI=1S/C18H15N3O/c22-18(21-11-14-5-2-1-3-6-14)16-8-9-17(20-13-16)15-7-4-10-19-12-15/h1-10,12-13H,11H2,(H,21,22). The van der Waals surface area contributed by atoms with Gasteiger partial charge < -0.3 is 5.32 Å². The fourth-order valence-electron chi connectivity index (χ4n) is 2.09. The largest absolute Gasteiger partial charge is 0.348 e. The molecule has 0 aliphatic rings. The summed E-state index contributed by atoms with van der Waals surface area (Å²) in [5.74, 6) is -0.130. The van der Waals surface area contributed by atoms with E-state index in [2.05, 4.69) is 15.3 Å². The number of benzene rings is 1. The molecule has 108 valence electrons. The van der Waals surface area contributed by atoms with E-state index in [4.69, 9.17) is 0 Å². The van der Waals surface area contributed by atoms with Gasteiger partial charge in [-0.3, -0.25) is 14.8 Å². The highest BCUT2D eigenvalue weighted by Gasteiger charge is 2.06. The molecule has 2 heterocycles. The van der Waals surface area contributed by atoms with Crippen LogP contribution in [0.15, 0.2) is 73.2 Å². The third kappa shape index (κ3) is 3.35. The normalized spacial score (nSPS) is 10.2. The predicted octanol–water partition coefficient (Wildman–Crippen LogP) is 3.07. The fourth-order valence-corrected chi connectivity index (χ4v) is 2.09. The van der Waals surface area contributed by atoms with E-state index in [0.717, 1.165) is 16.8 Å². The third-order valence-electron chi connectivity index (χ3n) is 3.28. The first-order valence-electron chi connectivity index (χ1n) is 7.01. The second-order valence-corrected chi connectivity index (χ2v) is 4.84. The summed E-state index contributed by atoms with van der Waals surface area (Å²) in [4.78, 5) is 20.5. The molecule has 0 unspecified atom stereocenters. The van der Waals surface area contributed by atoms with Crippen LogP contribution < -0.4 is 5.32 Å². The van der Waals surface area contributed by atoms with Gasteiger partial charge in [-0.15, -0.1) is 0 Å². The molecule has 1 aromatic carbocycles. The molecule has 0 saturated carbocycles. The molecule has 4 nitrogen and oxygen atoms in total. The van der Waals surface area contributed by atoms with Gasteiger partial charge in [-0.2, -0.15) is 0 Å². The average Bonchev–Trinajstić information content (AvgIpc) is 2.61. The zero-order chi connectivity index (χ0) is 15.2. The second-order valence-electron chi connectivity index (χ2n) is 4.84. The van der Waals surface area contributed by atoms with E-state index in [1.54, 1.807) is 24.7 Å². The minimum Gasteiger partial charge on any atom is -0.348 e. The van der Waals surface area contributed by atoms with E-state index >= 15 is 0 Å². The second kappa shape index (κ2) is 6.63. The molecule has 4 heteroatoms. The van der Waals surface area contributed by atoms with Crippen molar-refractivity contribution < 1.29 is 4.79 Å². The molecule has 3 aromatic rings. The average molecular weight is 289 g/mol. The summed E-state index contributed by atoms with van der Waals surface area (Å²) in [6.45, 7) is 0.504. The van der Waals surface area contributed by atoms with E-state index in [-0.39, 0.29) is 5.91 Å². The molecule has 3 rings (SSSR count). The van der Waals surface area contributed by atoms with E-state index < -0.39 is 0 Å². The molecule has 22 heavy (non-hydrogen) atoms. The van der Waals surface area contributed by atoms with Gasteiger partial charge in [0.25, 0.3) is 5.91 Å². The van der Waals surface area contributed by atoms with Crippen LogP contribution in [-0.2, 0) is 6.54 Å². The van der Waals surface area contributed by atoms with Crippen LogP contribution in [0.2, 0.25) is 0 Å². The van der Waals surface area contributed by atoms with Crippen LogP contribution in [0.5, 0.6) is 0 Å². The van der Waals surface area contributed by atoms with Crippen molar-refractivity contribution >= 4 is 5.91 Å². The smallest absolute Gasteiger partial charge is 0.253 e. The SMILES string of the molecule is O=C(NCc1ccccc1)c1ccc(-c2cccnc2)nc1. The van der Waals surface area contributed by atoms with Gasteiger partial charge in [0.05, 0.1) is 11.3 Å². The van der Waals surface area contributed by atoms with Crippen molar-refractivity contribution in [2.75, 3.05) is 0 Å². The number of carbonyl (C=O) groups is 1. The Hall–Kier alpha value is -3.01. The molecule has 0 saturated heterocycles.